The molecule has 1 unspecified atom stereocenters. The number of aromatic nitrogens is 2. The number of rotatable bonds is 3. The Kier molecular flexibility index (Phi) is 2.94. The highest BCUT2D eigenvalue weighted by atomic mass is 14.9. The second-order valence-electron chi connectivity index (χ2n) is 2.57. The van der Waals surface area contributed by atoms with Gasteiger partial charge < -0.3 is 5.32 Å². The Bertz CT molecular complexity index is 270. The lowest BCUT2D eigenvalue weighted by Gasteiger charge is -2.12. The third-order valence-corrected chi connectivity index (χ3v) is 1.83. The zero-order valence-corrected chi connectivity index (χ0v) is 7.41. The molecule has 1 N–H and O–H groups in total. The van der Waals surface area contributed by atoms with E-state index in [0.717, 1.165) is 11.3 Å². The fraction of sp³-hybridized carbons (Fsp3) is 0.333. The Morgan fingerprint density at radius 1 is 1.67 bits per heavy atom. The predicted molar refractivity (Wildman–Crippen MR) is 48.8 cm³/mol. The smallest absolute Gasteiger partial charge is 0.115 e. The van der Waals surface area contributed by atoms with Gasteiger partial charge in [-0.15, -0.1) is 6.58 Å². The fourth-order valence-electron chi connectivity index (χ4n) is 1.11. The molecule has 0 amide bonds. The van der Waals surface area contributed by atoms with Crippen LogP contribution < -0.4 is 5.32 Å². The minimum atomic E-state index is 0.145. The molecular formula is C9H13N3. The number of hydrogen-bond donors (Lipinski definition) is 1. The number of hydrogen-bond acceptors (Lipinski definition) is 3. The minimum absolute atomic E-state index is 0.145. The van der Waals surface area contributed by atoms with Crippen LogP contribution in [0.4, 0.5) is 0 Å². The third-order valence-electron chi connectivity index (χ3n) is 1.83. The highest BCUT2D eigenvalue weighted by Crippen LogP contribution is 2.13. The monoisotopic (exact) mass is 163 g/mol. The Morgan fingerprint density at radius 3 is 2.92 bits per heavy atom. The van der Waals surface area contributed by atoms with E-state index in [4.69, 9.17) is 0 Å². The molecule has 1 heterocycles. The van der Waals surface area contributed by atoms with Crippen molar-refractivity contribution in [1.29, 1.82) is 0 Å². The topological polar surface area (TPSA) is 37.8 Å². The summed E-state index contributed by atoms with van der Waals surface area (Å²) in [7, 11) is 1.89. The van der Waals surface area contributed by atoms with Crippen LogP contribution in [0.15, 0.2) is 25.2 Å². The summed E-state index contributed by atoms with van der Waals surface area (Å²) in [5, 5.41) is 3.11. The summed E-state index contributed by atoms with van der Waals surface area (Å²) in [6, 6.07) is 0.145. The lowest BCUT2D eigenvalue weighted by atomic mass is 10.1. The van der Waals surface area contributed by atoms with Crippen LogP contribution in [0, 0.1) is 6.92 Å². The van der Waals surface area contributed by atoms with Crippen molar-refractivity contribution in [2.45, 2.75) is 13.0 Å². The molecule has 0 spiro atoms. The molecule has 0 aromatic carbocycles. The van der Waals surface area contributed by atoms with Gasteiger partial charge in [0.1, 0.15) is 6.33 Å². The lowest BCUT2D eigenvalue weighted by molar-refractivity contribution is 0.701. The zero-order valence-electron chi connectivity index (χ0n) is 7.41. The van der Waals surface area contributed by atoms with Gasteiger partial charge in [0.25, 0.3) is 0 Å². The Labute approximate surface area is 72.6 Å². The van der Waals surface area contributed by atoms with Crippen LogP contribution in [0.1, 0.15) is 17.3 Å². The van der Waals surface area contributed by atoms with Crippen molar-refractivity contribution in [1.82, 2.24) is 15.3 Å². The van der Waals surface area contributed by atoms with Crippen LogP contribution in [-0.2, 0) is 0 Å². The van der Waals surface area contributed by atoms with Crippen LogP contribution in [0.25, 0.3) is 0 Å². The maximum absolute atomic E-state index is 4.10. The average Bonchev–Trinajstić information content (AvgIpc) is 2.10. The van der Waals surface area contributed by atoms with Crippen molar-refractivity contribution >= 4 is 0 Å². The van der Waals surface area contributed by atoms with Crippen molar-refractivity contribution in [2.24, 2.45) is 0 Å². The van der Waals surface area contributed by atoms with E-state index >= 15 is 0 Å². The molecule has 0 aliphatic heterocycles. The second kappa shape index (κ2) is 3.97. The Morgan fingerprint density at radius 2 is 2.42 bits per heavy atom. The van der Waals surface area contributed by atoms with E-state index in [9.17, 15) is 0 Å². The van der Waals surface area contributed by atoms with Crippen molar-refractivity contribution in [2.75, 3.05) is 7.05 Å². The maximum atomic E-state index is 4.10. The molecular weight excluding hydrogens is 150 g/mol. The molecule has 0 saturated carbocycles. The summed E-state index contributed by atoms with van der Waals surface area (Å²) >= 11 is 0. The maximum Gasteiger partial charge on any atom is 0.115 e. The molecule has 12 heavy (non-hydrogen) atoms. The molecule has 0 fully saturated rings. The molecule has 0 bridgehead atoms. The van der Waals surface area contributed by atoms with Gasteiger partial charge in [-0.1, -0.05) is 6.08 Å². The van der Waals surface area contributed by atoms with E-state index in [1.54, 1.807) is 6.33 Å². The summed E-state index contributed by atoms with van der Waals surface area (Å²) < 4.78 is 0. The second-order valence-corrected chi connectivity index (χ2v) is 2.57. The SMILES string of the molecule is C=CC(NC)c1cncnc1C. The summed E-state index contributed by atoms with van der Waals surface area (Å²) in [6.45, 7) is 5.69. The summed E-state index contributed by atoms with van der Waals surface area (Å²) in [5.41, 5.74) is 2.07. The molecule has 3 heteroatoms. The molecule has 64 valence electrons. The van der Waals surface area contributed by atoms with E-state index in [0.29, 0.717) is 0 Å². The number of nitrogens with one attached hydrogen (secondary N) is 1. The summed E-state index contributed by atoms with van der Waals surface area (Å²) in [5.74, 6) is 0. The quantitative estimate of drug-likeness (QED) is 0.681. The molecule has 0 saturated heterocycles. The van der Waals surface area contributed by atoms with Gasteiger partial charge in [0.05, 0.1) is 6.04 Å². The van der Waals surface area contributed by atoms with Crippen molar-refractivity contribution < 1.29 is 0 Å². The van der Waals surface area contributed by atoms with Gasteiger partial charge in [-0.3, -0.25) is 0 Å². The fourth-order valence-corrected chi connectivity index (χ4v) is 1.11. The number of likely N-dealkylation sites (N-methyl/N-ethyl adjacent to an activating group) is 1. The number of aryl methyl sites for hydroxylation is 1. The van der Waals surface area contributed by atoms with Gasteiger partial charge in [-0.2, -0.15) is 0 Å². The van der Waals surface area contributed by atoms with Crippen LogP contribution in [0.3, 0.4) is 0 Å². The summed E-state index contributed by atoms with van der Waals surface area (Å²) in [6.07, 6.45) is 5.20. The van der Waals surface area contributed by atoms with Gasteiger partial charge in [0, 0.05) is 17.5 Å². The molecule has 0 aliphatic carbocycles. The van der Waals surface area contributed by atoms with Gasteiger partial charge >= 0.3 is 0 Å². The Hall–Kier alpha value is -1.22. The van der Waals surface area contributed by atoms with Crippen LogP contribution in [-0.4, -0.2) is 17.0 Å². The third kappa shape index (κ3) is 1.68. The van der Waals surface area contributed by atoms with Crippen molar-refractivity contribution in [3.8, 4) is 0 Å². The minimum Gasteiger partial charge on any atom is -0.310 e. The van der Waals surface area contributed by atoms with Gasteiger partial charge in [-0.25, -0.2) is 9.97 Å². The van der Waals surface area contributed by atoms with E-state index in [1.165, 1.54) is 0 Å². The van der Waals surface area contributed by atoms with Crippen molar-refractivity contribution in [3.05, 3.63) is 36.4 Å². The molecule has 3 nitrogen and oxygen atoms in total. The standard InChI is InChI=1S/C9H13N3/c1-4-9(10-3)8-5-11-6-12-7(8)2/h4-6,9-10H,1H2,2-3H3. The molecule has 1 rings (SSSR count). The normalized spacial score (nSPS) is 12.5. The van der Waals surface area contributed by atoms with Crippen LogP contribution >= 0.6 is 0 Å². The average molecular weight is 163 g/mol. The van der Waals surface area contributed by atoms with E-state index in [1.807, 2.05) is 26.2 Å². The molecule has 1 atom stereocenters. The van der Waals surface area contributed by atoms with E-state index < -0.39 is 0 Å². The van der Waals surface area contributed by atoms with Gasteiger partial charge in [0.15, 0.2) is 0 Å². The highest BCUT2D eigenvalue weighted by Gasteiger charge is 2.07. The van der Waals surface area contributed by atoms with Gasteiger partial charge in [-0.05, 0) is 14.0 Å². The molecule has 1 aromatic heterocycles. The first-order chi connectivity index (χ1) is 5.79. The van der Waals surface area contributed by atoms with Crippen LogP contribution in [0.5, 0.6) is 0 Å². The molecule has 1 aromatic rings. The van der Waals surface area contributed by atoms with Crippen LogP contribution in [0.2, 0.25) is 0 Å². The molecule has 0 radical (unpaired) electrons. The first kappa shape index (κ1) is 8.87. The first-order valence-corrected chi connectivity index (χ1v) is 3.86. The Balaban J connectivity index is 3.00. The van der Waals surface area contributed by atoms with Crippen molar-refractivity contribution in [3.63, 3.8) is 0 Å². The lowest BCUT2D eigenvalue weighted by Crippen LogP contribution is -2.15. The number of nitrogens with zero attached hydrogens (tertiary/aromatic N) is 2. The van der Waals surface area contributed by atoms with E-state index in [-0.39, 0.29) is 6.04 Å². The first-order valence-electron chi connectivity index (χ1n) is 3.86. The van der Waals surface area contributed by atoms with Gasteiger partial charge in [0.2, 0.25) is 0 Å². The summed E-state index contributed by atoms with van der Waals surface area (Å²) in [4.78, 5) is 8.06. The predicted octanol–water partition coefficient (Wildman–Crippen LogP) is 1.23. The van der Waals surface area contributed by atoms with E-state index in [2.05, 4.69) is 21.9 Å². The largest absolute Gasteiger partial charge is 0.310 e. The highest BCUT2D eigenvalue weighted by molar-refractivity contribution is 5.22. The zero-order chi connectivity index (χ0) is 8.97. The molecule has 0 aliphatic rings.